The van der Waals surface area contributed by atoms with Crippen LogP contribution in [-0.2, 0) is 26.2 Å². The Morgan fingerprint density at radius 1 is 1.19 bits per heavy atom. The number of ether oxygens (including phenoxy) is 1. The molecule has 2 aromatic carbocycles. The normalized spacial score (nSPS) is 11.9. The standard InChI is InChI=1S/C24H31ClN4O7S/c1-5-13-26-24(31)20(6-2)27(15-17-9-7-8-10-19(17)25)23(30)16-28(37(4,34)35)21-14-18(29(32)33)11-12-22(21)36-3/h7-12,14,20H,5-6,13,15-16H2,1-4H3,(H,26,31). The van der Waals surface area contributed by atoms with E-state index < -0.39 is 33.4 Å². The van der Waals surface area contributed by atoms with Crippen molar-refractivity contribution in [2.75, 3.05) is 30.8 Å². The fourth-order valence-electron chi connectivity index (χ4n) is 3.68. The lowest BCUT2D eigenvalue weighted by atomic mass is 10.1. The first-order valence-corrected chi connectivity index (χ1v) is 13.8. The lowest BCUT2D eigenvalue weighted by Crippen LogP contribution is -2.52. The molecule has 1 atom stereocenters. The second kappa shape index (κ2) is 13.2. The summed E-state index contributed by atoms with van der Waals surface area (Å²) in [5, 5.41) is 14.5. The number of methoxy groups -OCH3 is 1. The monoisotopic (exact) mass is 554 g/mol. The Balaban J connectivity index is 2.56. The third-order valence-electron chi connectivity index (χ3n) is 5.55. The second-order valence-electron chi connectivity index (χ2n) is 8.21. The second-order valence-corrected chi connectivity index (χ2v) is 10.5. The Morgan fingerprint density at radius 2 is 1.86 bits per heavy atom. The lowest BCUT2D eigenvalue weighted by Gasteiger charge is -2.33. The highest BCUT2D eigenvalue weighted by atomic mass is 35.5. The molecule has 0 radical (unpaired) electrons. The van der Waals surface area contributed by atoms with Crippen molar-refractivity contribution in [2.24, 2.45) is 0 Å². The van der Waals surface area contributed by atoms with Gasteiger partial charge in [-0.25, -0.2) is 8.42 Å². The van der Waals surface area contributed by atoms with E-state index in [1.54, 1.807) is 31.2 Å². The molecule has 2 aromatic rings. The molecule has 0 aliphatic heterocycles. The quantitative estimate of drug-likeness (QED) is 0.296. The number of carbonyl (C=O) groups is 2. The van der Waals surface area contributed by atoms with Crippen LogP contribution >= 0.6 is 11.6 Å². The van der Waals surface area contributed by atoms with Gasteiger partial charge in [-0.1, -0.05) is 43.6 Å². The van der Waals surface area contributed by atoms with Crippen molar-refractivity contribution in [3.63, 3.8) is 0 Å². The molecule has 1 N–H and O–H groups in total. The van der Waals surface area contributed by atoms with Gasteiger partial charge in [0.05, 0.1) is 18.3 Å². The van der Waals surface area contributed by atoms with E-state index in [0.29, 0.717) is 23.6 Å². The Bertz CT molecular complexity index is 1240. The first-order chi connectivity index (χ1) is 17.4. The van der Waals surface area contributed by atoms with Gasteiger partial charge in [0.1, 0.15) is 24.0 Å². The van der Waals surface area contributed by atoms with Crippen LogP contribution in [0.4, 0.5) is 11.4 Å². The average molecular weight is 555 g/mol. The number of anilines is 1. The highest BCUT2D eigenvalue weighted by molar-refractivity contribution is 7.92. The van der Waals surface area contributed by atoms with Gasteiger partial charge in [0.2, 0.25) is 21.8 Å². The number of nitrogens with one attached hydrogen (secondary N) is 1. The SMILES string of the molecule is CCCNC(=O)C(CC)N(Cc1ccccc1Cl)C(=O)CN(c1cc([N+](=O)[O-])ccc1OC)S(C)(=O)=O. The van der Waals surface area contributed by atoms with Crippen molar-refractivity contribution in [1.29, 1.82) is 0 Å². The topological polar surface area (TPSA) is 139 Å². The van der Waals surface area contributed by atoms with E-state index in [1.807, 2.05) is 6.92 Å². The number of nitro groups is 1. The van der Waals surface area contributed by atoms with Crippen LogP contribution in [0.25, 0.3) is 0 Å². The van der Waals surface area contributed by atoms with Crippen molar-refractivity contribution in [2.45, 2.75) is 39.3 Å². The summed E-state index contributed by atoms with van der Waals surface area (Å²) in [7, 11) is -2.83. The number of nitro benzene ring substituents is 1. The molecule has 2 amide bonds. The Labute approximate surface area is 221 Å². The predicted molar refractivity (Wildman–Crippen MR) is 141 cm³/mol. The first-order valence-electron chi connectivity index (χ1n) is 11.5. The van der Waals surface area contributed by atoms with E-state index in [-0.39, 0.29) is 36.0 Å². The molecule has 0 saturated carbocycles. The number of amides is 2. The number of sulfonamides is 1. The van der Waals surface area contributed by atoms with Crippen LogP contribution < -0.4 is 14.4 Å². The summed E-state index contributed by atoms with van der Waals surface area (Å²) in [6.07, 6.45) is 1.82. The highest BCUT2D eigenvalue weighted by Gasteiger charge is 2.33. The number of halogens is 1. The number of rotatable bonds is 13. The fourth-order valence-corrected chi connectivity index (χ4v) is 4.72. The Kier molecular flexibility index (Phi) is 10.7. The van der Waals surface area contributed by atoms with Crippen LogP contribution in [0.15, 0.2) is 42.5 Å². The van der Waals surface area contributed by atoms with Gasteiger partial charge in [-0.3, -0.25) is 24.0 Å². The lowest BCUT2D eigenvalue weighted by molar-refractivity contribution is -0.384. The van der Waals surface area contributed by atoms with Crippen LogP contribution in [-0.4, -0.2) is 62.6 Å². The van der Waals surface area contributed by atoms with Crippen molar-refractivity contribution < 1.29 is 27.7 Å². The van der Waals surface area contributed by atoms with Crippen LogP contribution in [0.2, 0.25) is 5.02 Å². The van der Waals surface area contributed by atoms with Crippen molar-refractivity contribution in [1.82, 2.24) is 10.2 Å². The van der Waals surface area contributed by atoms with E-state index in [4.69, 9.17) is 16.3 Å². The molecular weight excluding hydrogens is 524 g/mol. The number of hydrogen-bond acceptors (Lipinski definition) is 7. The zero-order chi connectivity index (χ0) is 27.8. The molecule has 202 valence electrons. The van der Waals surface area contributed by atoms with Crippen LogP contribution in [0.1, 0.15) is 32.3 Å². The summed E-state index contributed by atoms with van der Waals surface area (Å²) < 4.78 is 31.6. The summed E-state index contributed by atoms with van der Waals surface area (Å²) in [5.74, 6) is -1.06. The number of benzene rings is 2. The number of carbonyl (C=O) groups excluding carboxylic acids is 2. The van der Waals surface area contributed by atoms with E-state index in [1.165, 1.54) is 24.1 Å². The molecule has 0 spiro atoms. The van der Waals surface area contributed by atoms with Crippen LogP contribution in [0.5, 0.6) is 5.75 Å². The molecule has 0 bridgehead atoms. The van der Waals surface area contributed by atoms with Crippen molar-refractivity contribution in [3.8, 4) is 5.75 Å². The molecular formula is C24H31ClN4O7S. The summed E-state index contributed by atoms with van der Waals surface area (Å²) >= 11 is 6.32. The van der Waals surface area contributed by atoms with E-state index in [0.717, 1.165) is 16.6 Å². The number of nitrogens with zero attached hydrogens (tertiary/aromatic N) is 3. The average Bonchev–Trinajstić information content (AvgIpc) is 2.85. The summed E-state index contributed by atoms with van der Waals surface area (Å²) in [6, 6.07) is 9.35. The number of hydrogen-bond donors (Lipinski definition) is 1. The molecule has 37 heavy (non-hydrogen) atoms. The molecule has 0 saturated heterocycles. The Morgan fingerprint density at radius 3 is 2.41 bits per heavy atom. The predicted octanol–water partition coefficient (Wildman–Crippen LogP) is 3.36. The summed E-state index contributed by atoms with van der Waals surface area (Å²) in [6.45, 7) is 3.26. The molecule has 0 aromatic heterocycles. The number of non-ortho nitro benzene ring substituents is 1. The zero-order valence-electron chi connectivity index (χ0n) is 21.1. The van der Waals surface area contributed by atoms with Gasteiger partial charge in [0.25, 0.3) is 5.69 Å². The molecule has 1 unspecified atom stereocenters. The maximum atomic E-state index is 13.7. The fraction of sp³-hybridized carbons (Fsp3) is 0.417. The molecule has 11 nitrogen and oxygen atoms in total. The third kappa shape index (κ3) is 7.80. The first kappa shape index (κ1) is 29.8. The van der Waals surface area contributed by atoms with Crippen LogP contribution in [0, 0.1) is 10.1 Å². The van der Waals surface area contributed by atoms with E-state index >= 15 is 0 Å². The molecule has 13 heteroatoms. The van der Waals surface area contributed by atoms with E-state index in [2.05, 4.69) is 5.32 Å². The summed E-state index contributed by atoms with van der Waals surface area (Å²) in [5.41, 5.74) is 0.0158. The molecule has 0 heterocycles. The third-order valence-corrected chi connectivity index (χ3v) is 7.05. The van der Waals surface area contributed by atoms with Gasteiger partial charge in [-0.2, -0.15) is 0 Å². The molecule has 0 aliphatic carbocycles. The molecule has 0 aliphatic rings. The van der Waals surface area contributed by atoms with Crippen molar-refractivity contribution >= 4 is 44.8 Å². The van der Waals surface area contributed by atoms with Crippen molar-refractivity contribution in [3.05, 3.63) is 63.2 Å². The minimum absolute atomic E-state index is 0.0224. The smallest absolute Gasteiger partial charge is 0.271 e. The van der Waals surface area contributed by atoms with Crippen LogP contribution in [0.3, 0.4) is 0 Å². The molecule has 2 rings (SSSR count). The Hall–Kier alpha value is -3.38. The largest absolute Gasteiger partial charge is 0.495 e. The maximum absolute atomic E-state index is 13.7. The van der Waals surface area contributed by atoms with Gasteiger partial charge in [0.15, 0.2) is 0 Å². The van der Waals surface area contributed by atoms with Gasteiger partial charge < -0.3 is 15.0 Å². The van der Waals surface area contributed by atoms with E-state index in [9.17, 15) is 28.1 Å². The maximum Gasteiger partial charge on any atom is 0.271 e. The van der Waals surface area contributed by atoms with Gasteiger partial charge in [0, 0.05) is 30.2 Å². The minimum atomic E-state index is -4.11. The zero-order valence-corrected chi connectivity index (χ0v) is 22.7. The van der Waals surface area contributed by atoms with Gasteiger partial charge >= 0.3 is 0 Å². The summed E-state index contributed by atoms with van der Waals surface area (Å²) in [4.78, 5) is 38.6. The highest BCUT2D eigenvalue weighted by Crippen LogP contribution is 2.34. The van der Waals surface area contributed by atoms with Gasteiger partial charge in [-0.05, 0) is 30.5 Å². The molecule has 0 fully saturated rings. The minimum Gasteiger partial charge on any atom is -0.495 e. The van der Waals surface area contributed by atoms with Gasteiger partial charge in [-0.15, -0.1) is 0 Å².